The van der Waals surface area contributed by atoms with Gasteiger partial charge in [0.05, 0.1) is 11.6 Å². The van der Waals surface area contributed by atoms with Crippen molar-refractivity contribution in [1.29, 1.82) is 0 Å². The molecule has 1 unspecified atom stereocenters. The van der Waals surface area contributed by atoms with Crippen LogP contribution in [0, 0.1) is 0 Å². The van der Waals surface area contributed by atoms with Crippen molar-refractivity contribution in [3.05, 3.63) is 29.6 Å². The van der Waals surface area contributed by atoms with Crippen molar-refractivity contribution < 1.29 is 13.2 Å². The molecule has 1 heterocycles. The maximum absolute atomic E-state index is 13.3. The van der Waals surface area contributed by atoms with E-state index in [1.54, 1.807) is 7.05 Å². The van der Waals surface area contributed by atoms with Crippen molar-refractivity contribution in [3.63, 3.8) is 0 Å². The lowest BCUT2D eigenvalue weighted by atomic mass is 9.81. The van der Waals surface area contributed by atoms with E-state index >= 15 is 0 Å². The van der Waals surface area contributed by atoms with Crippen LogP contribution in [0.5, 0.6) is 0 Å². The van der Waals surface area contributed by atoms with E-state index in [-0.39, 0.29) is 17.1 Å². The molecular formula is C15H22F3N3. The monoisotopic (exact) mass is 301 g/mol. The fourth-order valence-corrected chi connectivity index (χ4v) is 3.59. The van der Waals surface area contributed by atoms with Gasteiger partial charge in [0.2, 0.25) is 0 Å². The molecular weight excluding hydrogens is 279 g/mol. The highest BCUT2D eigenvalue weighted by atomic mass is 19.4. The molecule has 118 valence electrons. The lowest BCUT2D eigenvalue weighted by molar-refractivity contribution is -0.138. The van der Waals surface area contributed by atoms with Crippen molar-refractivity contribution in [2.75, 3.05) is 21.1 Å². The third-order valence-corrected chi connectivity index (χ3v) is 4.65. The molecule has 0 aromatic carbocycles. The Balaban J connectivity index is 2.52. The Kier molecular flexibility index (Phi) is 4.58. The number of hydrogen-bond acceptors (Lipinski definition) is 3. The van der Waals surface area contributed by atoms with Crippen LogP contribution in [0.25, 0.3) is 0 Å². The molecule has 0 aliphatic heterocycles. The molecule has 1 fully saturated rings. The smallest absolute Gasteiger partial charge is 0.311 e. The van der Waals surface area contributed by atoms with Crippen LogP contribution in [-0.4, -0.2) is 36.6 Å². The minimum Gasteiger partial charge on any atom is -0.311 e. The number of nitrogens with zero attached hydrogens (tertiary/aromatic N) is 2. The molecule has 1 atom stereocenters. The molecule has 0 radical (unpaired) electrons. The van der Waals surface area contributed by atoms with Gasteiger partial charge in [0.25, 0.3) is 0 Å². The number of rotatable bonds is 4. The summed E-state index contributed by atoms with van der Waals surface area (Å²) in [5.74, 6) is 0. The average molecular weight is 301 g/mol. The molecule has 1 aliphatic carbocycles. The van der Waals surface area contributed by atoms with Crippen LogP contribution in [0.3, 0.4) is 0 Å². The first-order valence-corrected chi connectivity index (χ1v) is 7.19. The molecule has 21 heavy (non-hydrogen) atoms. The Labute approximate surface area is 123 Å². The summed E-state index contributed by atoms with van der Waals surface area (Å²) >= 11 is 0. The van der Waals surface area contributed by atoms with Gasteiger partial charge in [0, 0.05) is 23.5 Å². The zero-order valence-electron chi connectivity index (χ0n) is 12.7. The van der Waals surface area contributed by atoms with Gasteiger partial charge in [0.1, 0.15) is 0 Å². The zero-order chi connectivity index (χ0) is 15.7. The molecule has 1 N–H and O–H groups in total. The lowest BCUT2D eigenvalue weighted by Gasteiger charge is -2.44. The van der Waals surface area contributed by atoms with Crippen LogP contribution in [-0.2, 0) is 6.18 Å². The molecule has 1 aliphatic rings. The minimum absolute atomic E-state index is 0.239. The molecule has 2 rings (SSSR count). The standard InChI is InChI=1S/C15H22F3N3/c1-19-13(14(21(2)3)7-4-5-8-14)11-10-20-9-6-12(11)15(16,17)18/h6,9-10,13,19H,4-5,7-8H2,1-3H3. The first-order chi connectivity index (χ1) is 9.83. The summed E-state index contributed by atoms with van der Waals surface area (Å²) in [4.78, 5) is 5.99. The van der Waals surface area contributed by atoms with Crippen LogP contribution in [0.1, 0.15) is 42.9 Å². The molecule has 3 nitrogen and oxygen atoms in total. The van der Waals surface area contributed by atoms with Gasteiger partial charge in [0.15, 0.2) is 0 Å². The highest BCUT2D eigenvalue weighted by Crippen LogP contribution is 2.45. The second kappa shape index (κ2) is 5.93. The Morgan fingerprint density at radius 2 is 1.90 bits per heavy atom. The topological polar surface area (TPSA) is 28.2 Å². The number of hydrogen-bond donors (Lipinski definition) is 1. The van der Waals surface area contributed by atoms with Crippen molar-refractivity contribution in [2.45, 2.75) is 43.4 Å². The highest BCUT2D eigenvalue weighted by molar-refractivity contribution is 5.32. The summed E-state index contributed by atoms with van der Waals surface area (Å²) in [7, 11) is 5.61. The molecule has 0 spiro atoms. The normalized spacial score (nSPS) is 20.0. The minimum atomic E-state index is -4.36. The molecule has 6 heteroatoms. The maximum Gasteiger partial charge on any atom is 0.416 e. The van der Waals surface area contributed by atoms with E-state index in [0.29, 0.717) is 0 Å². The van der Waals surface area contributed by atoms with Gasteiger partial charge in [-0.25, -0.2) is 0 Å². The van der Waals surface area contributed by atoms with E-state index in [0.717, 1.165) is 31.7 Å². The Morgan fingerprint density at radius 1 is 1.29 bits per heavy atom. The second-order valence-corrected chi connectivity index (χ2v) is 5.89. The molecule has 1 saturated carbocycles. The summed E-state index contributed by atoms with van der Waals surface area (Å²) < 4.78 is 39.9. The summed E-state index contributed by atoms with van der Waals surface area (Å²) in [5.41, 5.74) is -0.647. The van der Waals surface area contributed by atoms with Gasteiger partial charge in [-0.1, -0.05) is 12.8 Å². The van der Waals surface area contributed by atoms with Crippen molar-refractivity contribution in [1.82, 2.24) is 15.2 Å². The lowest BCUT2D eigenvalue weighted by Crippen LogP contribution is -2.51. The fraction of sp³-hybridized carbons (Fsp3) is 0.667. The second-order valence-electron chi connectivity index (χ2n) is 5.89. The van der Waals surface area contributed by atoms with E-state index in [4.69, 9.17) is 0 Å². The van der Waals surface area contributed by atoms with Gasteiger partial charge in [-0.15, -0.1) is 0 Å². The van der Waals surface area contributed by atoms with E-state index in [1.807, 2.05) is 14.1 Å². The zero-order valence-corrected chi connectivity index (χ0v) is 12.7. The van der Waals surface area contributed by atoms with E-state index in [1.165, 1.54) is 12.4 Å². The SMILES string of the molecule is CNC(c1cnccc1C(F)(F)F)C1(N(C)C)CCCC1. The number of nitrogens with one attached hydrogen (secondary N) is 1. The molecule has 1 aromatic heterocycles. The number of alkyl halides is 3. The summed E-state index contributed by atoms with van der Waals surface area (Å²) in [5, 5.41) is 3.11. The van der Waals surface area contributed by atoms with Crippen LogP contribution >= 0.6 is 0 Å². The van der Waals surface area contributed by atoms with Crippen LogP contribution < -0.4 is 5.32 Å². The van der Waals surface area contributed by atoms with E-state index < -0.39 is 11.7 Å². The molecule has 0 amide bonds. The van der Waals surface area contributed by atoms with Crippen molar-refractivity contribution in [3.8, 4) is 0 Å². The van der Waals surface area contributed by atoms with Gasteiger partial charge >= 0.3 is 6.18 Å². The Morgan fingerprint density at radius 3 is 2.38 bits per heavy atom. The number of likely N-dealkylation sites (N-methyl/N-ethyl adjacent to an activating group) is 2. The van der Waals surface area contributed by atoms with E-state index in [2.05, 4.69) is 15.2 Å². The number of aromatic nitrogens is 1. The molecule has 0 bridgehead atoms. The molecule has 0 saturated heterocycles. The number of pyridine rings is 1. The van der Waals surface area contributed by atoms with Crippen molar-refractivity contribution in [2.24, 2.45) is 0 Å². The predicted octanol–water partition coefficient (Wildman–Crippen LogP) is 3.24. The van der Waals surface area contributed by atoms with Gasteiger partial charge < -0.3 is 10.2 Å². The number of halogens is 3. The average Bonchev–Trinajstić information content (AvgIpc) is 2.90. The van der Waals surface area contributed by atoms with Gasteiger partial charge in [-0.05, 0) is 40.1 Å². The third kappa shape index (κ3) is 2.92. The Hall–Kier alpha value is -1.14. The predicted molar refractivity (Wildman–Crippen MR) is 75.9 cm³/mol. The summed E-state index contributed by atoms with van der Waals surface area (Å²) in [6, 6.07) is 0.679. The third-order valence-electron chi connectivity index (χ3n) is 4.65. The summed E-state index contributed by atoms with van der Waals surface area (Å²) in [6.45, 7) is 0. The van der Waals surface area contributed by atoms with Crippen molar-refractivity contribution >= 4 is 0 Å². The molecule has 1 aromatic rings. The van der Waals surface area contributed by atoms with Gasteiger partial charge in [-0.2, -0.15) is 13.2 Å². The van der Waals surface area contributed by atoms with Crippen LogP contribution in [0.15, 0.2) is 18.5 Å². The Bertz CT molecular complexity index is 479. The largest absolute Gasteiger partial charge is 0.416 e. The van der Waals surface area contributed by atoms with Crippen LogP contribution in [0.2, 0.25) is 0 Å². The van der Waals surface area contributed by atoms with E-state index in [9.17, 15) is 13.2 Å². The maximum atomic E-state index is 13.3. The first-order valence-electron chi connectivity index (χ1n) is 7.19. The van der Waals surface area contributed by atoms with Crippen LogP contribution in [0.4, 0.5) is 13.2 Å². The fourth-order valence-electron chi connectivity index (χ4n) is 3.59. The summed E-state index contributed by atoms with van der Waals surface area (Å²) in [6.07, 6.45) is 2.05. The van der Waals surface area contributed by atoms with Gasteiger partial charge in [-0.3, -0.25) is 4.98 Å². The first kappa shape index (κ1) is 16.2. The highest BCUT2D eigenvalue weighted by Gasteiger charge is 2.46. The quantitative estimate of drug-likeness (QED) is 0.925.